The molecule has 1 aromatic heterocycles. The molecule has 4 nitrogen and oxygen atoms in total. The zero-order chi connectivity index (χ0) is 15.9. The van der Waals surface area contributed by atoms with Crippen LogP contribution in [0.1, 0.15) is 30.3 Å². The molecule has 2 rings (SSSR count). The highest BCUT2D eigenvalue weighted by atomic mass is 19.2. The Morgan fingerprint density at radius 2 is 1.95 bits per heavy atom. The molecule has 1 aromatic carbocycles. The first kappa shape index (κ1) is 15.9. The molecule has 0 atom stereocenters. The second kappa shape index (κ2) is 7.49. The summed E-state index contributed by atoms with van der Waals surface area (Å²) in [5.74, 6) is -2.45. The molecule has 0 bridgehead atoms. The van der Waals surface area contributed by atoms with Crippen LogP contribution in [0, 0.1) is 11.6 Å². The largest absolute Gasteiger partial charge is 0.385 e. The number of anilines is 2. The molecule has 0 aliphatic rings. The molecule has 22 heavy (non-hydrogen) atoms. The van der Waals surface area contributed by atoms with E-state index in [2.05, 4.69) is 22.5 Å². The van der Waals surface area contributed by atoms with Crippen LogP contribution in [0.5, 0.6) is 0 Å². The standard InChI is InChI=1S/C16H17F2N3O/c1-2-3-7-19-11-6-8-20-15(10-11)16(22)21-12-4-5-13(17)14(18)9-12/h4-6,8-10H,2-3,7H2,1H3,(H,19,20)(H,21,22). The molecule has 0 radical (unpaired) electrons. The predicted octanol–water partition coefficient (Wildman–Crippen LogP) is 3.82. The van der Waals surface area contributed by atoms with Crippen molar-refractivity contribution in [3.05, 3.63) is 53.9 Å². The Balaban J connectivity index is 2.05. The summed E-state index contributed by atoms with van der Waals surface area (Å²) in [7, 11) is 0. The Bertz CT molecular complexity index is 662. The lowest BCUT2D eigenvalue weighted by Gasteiger charge is -2.08. The quantitative estimate of drug-likeness (QED) is 0.798. The summed E-state index contributed by atoms with van der Waals surface area (Å²) in [4.78, 5) is 16.1. The third-order valence-electron chi connectivity index (χ3n) is 3.03. The number of benzene rings is 1. The summed E-state index contributed by atoms with van der Waals surface area (Å²) in [5, 5.41) is 5.68. The number of rotatable bonds is 6. The molecule has 0 fully saturated rings. The van der Waals surface area contributed by atoms with Crippen molar-refractivity contribution in [3.63, 3.8) is 0 Å². The van der Waals surface area contributed by atoms with Gasteiger partial charge in [0.15, 0.2) is 11.6 Å². The van der Waals surface area contributed by atoms with Gasteiger partial charge in [0, 0.05) is 30.2 Å². The fourth-order valence-corrected chi connectivity index (χ4v) is 1.84. The summed E-state index contributed by atoms with van der Waals surface area (Å²) in [6.45, 7) is 2.90. The maximum absolute atomic E-state index is 13.1. The lowest BCUT2D eigenvalue weighted by Crippen LogP contribution is -2.14. The van der Waals surface area contributed by atoms with E-state index in [9.17, 15) is 13.6 Å². The van der Waals surface area contributed by atoms with Gasteiger partial charge in [0.05, 0.1) is 0 Å². The maximum Gasteiger partial charge on any atom is 0.274 e. The van der Waals surface area contributed by atoms with Crippen molar-refractivity contribution < 1.29 is 13.6 Å². The molecule has 0 saturated carbocycles. The van der Waals surface area contributed by atoms with Crippen LogP contribution in [0.15, 0.2) is 36.5 Å². The van der Waals surface area contributed by atoms with Gasteiger partial charge in [0.2, 0.25) is 0 Å². The Morgan fingerprint density at radius 1 is 1.14 bits per heavy atom. The van der Waals surface area contributed by atoms with E-state index in [1.165, 1.54) is 12.3 Å². The smallest absolute Gasteiger partial charge is 0.274 e. The van der Waals surface area contributed by atoms with Crippen LogP contribution in [0.3, 0.4) is 0 Å². The number of carbonyl (C=O) groups excluding carboxylic acids is 1. The van der Waals surface area contributed by atoms with Crippen LogP contribution in [-0.4, -0.2) is 17.4 Å². The fourth-order valence-electron chi connectivity index (χ4n) is 1.84. The highest BCUT2D eigenvalue weighted by Gasteiger charge is 2.10. The average molecular weight is 305 g/mol. The van der Waals surface area contributed by atoms with Gasteiger partial charge in [-0.3, -0.25) is 9.78 Å². The van der Waals surface area contributed by atoms with Crippen molar-refractivity contribution in [2.45, 2.75) is 19.8 Å². The summed E-state index contributed by atoms with van der Waals surface area (Å²) < 4.78 is 26.0. The number of pyridine rings is 1. The van der Waals surface area contributed by atoms with Gasteiger partial charge < -0.3 is 10.6 Å². The molecule has 2 aromatic rings. The van der Waals surface area contributed by atoms with Crippen molar-refractivity contribution in [1.29, 1.82) is 0 Å². The van der Waals surface area contributed by atoms with Gasteiger partial charge in [0.1, 0.15) is 5.69 Å². The number of nitrogens with one attached hydrogen (secondary N) is 2. The molecule has 2 N–H and O–H groups in total. The number of hydrogen-bond donors (Lipinski definition) is 2. The van der Waals surface area contributed by atoms with E-state index in [-0.39, 0.29) is 11.4 Å². The van der Waals surface area contributed by atoms with E-state index in [1.54, 1.807) is 12.1 Å². The first-order valence-electron chi connectivity index (χ1n) is 7.06. The number of amides is 1. The van der Waals surface area contributed by atoms with Crippen molar-refractivity contribution in [2.24, 2.45) is 0 Å². The van der Waals surface area contributed by atoms with Crippen molar-refractivity contribution in [2.75, 3.05) is 17.2 Å². The molecular weight excluding hydrogens is 288 g/mol. The zero-order valence-electron chi connectivity index (χ0n) is 12.2. The van der Waals surface area contributed by atoms with Crippen molar-refractivity contribution in [1.82, 2.24) is 4.98 Å². The summed E-state index contributed by atoms with van der Waals surface area (Å²) in [6.07, 6.45) is 3.62. The van der Waals surface area contributed by atoms with Crippen LogP contribution in [-0.2, 0) is 0 Å². The number of carbonyl (C=O) groups is 1. The zero-order valence-corrected chi connectivity index (χ0v) is 12.2. The van der Waals surface area contributed by atoms with Gasteiger partial charge in [-0.25, -0.2) is 8.78 Å². The molecule has 0 aliphatic carbocycles. The number of nitrogens with zero attached hydrogens (tertiary/aromatic N) is 1. The summed E-state index contributed by atoms with van der Waals surface area (Å²) >= 11 is 0. The Morgan fingerprint density at radius 3 is 2.68 bits per heavy atom. The lowest BCUT2D eigenvalue weighted by atomic mass is 10.2. The van der Waals surface area contributed by atoms with Gasteiger partial charge in [0.25, 0.3) is 5.91 Å². The first-order chi connectivity index (χ1) is 10.6. The van der Waals surface area contributed by atoms with Crippen molar-refractivity contribution >= 4 is 17.3 Å². The van der Waals surface area contributed by atoms with Gasteiger partial charge in [-0.2, -0.15) is 0 Å². The monoisotopic (exact) mass is 305 g/mol. The lowest BCUT2D eigenvalue weighted by molar-refractivity contribution is 0.102. The third kappa shape index (κ3) is 4.25. The fraction of sp³-hybridized carbons (Fsp3) is 0.250. The van der Waals surface area contributed by atoms with Crippen LogP contribution in [0.4, 0.5) is 20.2 Å². The van der Waals surface area contributed by atoms with Gasteiger partial charge in [-0.05, 0) is 30.7 Å². The average Bonchev–Trinajstić information content (AvgIpc) is 2.51. The minimum Gasteiger partial charge on any atom is -0.385 e. The maximum atomic E-state index is 13.1. The number of hydrogen-bond acceptors (Lipinski definition) is 3. The van der Waals surface area contributed by atoms with Crippen LogP contribution >= 0.6 is 0 Å². The normalized spacial score (nSPS) is 10.3. The molecule has 116 valence electrons. The van der Waals surface area contributed by atoms with Crippen LogP contribution < -0.4 is 10.6 Å². The molecule has 1 amide bonds. The Hall–Kier alpha value is -2.50. The summed E-state index contributed by atoms with van der Waals surface area (Å²) in [6, 6.07) is 6.56. The van der Waals surface area contributed by atoms with E-state index in [1.807, 2.05) is 0 Å². The molecule has 6 heteroatoms. The molecule has 0 spiro atoms. The predicted molar refractivity (Wildman–Crippen MR) is 81.9 cm³/mol. The Labute approximate surface area is 127 Å². The first-order valence-corrected chi connectivity index (χ1v) is 7.06. The molecule has 0 aliphatic heterocycles. The number of unbranched alkanes of at least 4 members (excludes halogenated alkanes) is 1. The Kier molecular flexibility index (Phi) is 5.41. The van der Waals surface area contributed by atoms with Gasteiger partial charge >= 0.3 is 0 Å². The van der Waals surface area contributed by atoms with E-state index in [4.69, 9.17) is 0 Å². The molecule has 0 saturated heterocycles. The molecular formula is C16H17F2N3O. The van der Waals surface area contributed by atoms with Crippen LogP contribution in [0.2, 0.25) is 0 Å². The molecule has 1 heterocycles. The van der Waals surface area contributed by atoms with E-state index in [0.717, 1.165) is 37.2 Å². The van der Waals surface area contributed by atoms with E-state index >= 15 is 0 Å². The van der Waals surface area contributed by atoms with Crippen LogP contribution in [0.25, 0.3) is 0 Å². The minimum absolute atomic E-state index is 0.176. The topological polar surface area (TPSA) is 54.0 Å². The summed E-state index contributed by atoms with van der Waals surface area (Å²) in [5.41, 5.74) is 1.17. The van der Waals surface area contributed by atoms with Gasteiger partial charge in [-0.15, -0.1) is 0 Å². The van der Waals surface area contributed by atoms with E-state index < -0.39 is 17.5 Å². The molecule has 0 unspecified atom stereocenters. The van der Waals surface area contributed by atoms with Gasteiger partial charge in [-0.1, -0.05) is 13.3 Å². The third-order valence-corrected chi connectivity index (χ3v) is 3.03. The van der Waals surface area contributed by atoms with E-state index in [0.29, 0.717) is 0 Å². The second-order valence-corrected chi connectivity index (χ2v) is 4.79. The highest BCUT2D eigenvalue weighted by molar-refractivity contribution is 6.03. The van der Waals surface area contributed by atoms with Crippen molar-refractivity contribution in [3.8, 4) is 0 Å². The SMILES string of the molecule is CCCCNc1ccnc(C(=O)Nc2ccc(F)c(F)c2)c1. The minimum atomic E-state index is -1.01. The number of halogens is 2. The number of aromatic nitrogens is 1. The second-order valence-electron chi connectivity index (χ2n) is 4.79. The highest BCUT2D eigenvalue weighted by Crippen LogP contribution is 2.15.